The number of benzene rings is 2. The molecule has 1 amide bonds. The minimum atomic E-state index is -0.0563. The van der Waals surface area contributed by atoms with Crippen molar-refractivity contribution in [2.45, 2.75) is 26.3 Å². The maximum absolute atomic E-state index is 13.2. The number of nitrogens with zero attached hydrogens (tertiary/aromatic N) is 2. The van der Waals surface area contributed by atoms with Crippen LogP contribution in [0, 0.1) is 12.8 Å². The Kier molecular flexibility index (Phi) is 6.72. The van der Waals surface area contributed by atoms with E-state index in [-0.39, 0.29) is 24.4 Å². The van der Waals surface area contributed by atoms with Crippen LogP contribution in [0.15, 0.2) is 60.8 Å². The first kappa shape index (κ1) is 21.1. The van der Waals surface area contributed by atoms with Crippen LogP contribution in [0.3, 0.4) is 0 Å². The second kappa shape index (κ2) is 9.25. The van der Waals surface area contributed by atoms with Gasteiger partial charge in [-0.05, 0) is 50.0 Å². The molecule has 2 N–H and O–H groups in total. The third kappa shape index (κ3) is 4.52. The molecule has 2 heterocycles. The molecular weight excluding hydrogens is 384 g/mol. The molecule has 1 aliphatic rings. The van der Waals surface area contributed by atoms with E-state index >= 15 is 0 Å². The molecule has 0 radical (unpaired) electrons. The lowest BCUT2D eigenvalue weighted by Crippen LogP contribution is -2.48. The summed E-state index contributed by atoms with van der Waals surface area (Å²) in [4.78, 5) is 13.2. The predicted octanol–water partition coefficient (Wildman–Crippen LogP) is 4.00. The van der Waals surface area contributed by atoms with Gasteiger partial charge in [-0.2, -0.15) is 5.10 Å². The molecule has 152 valence electrons. The van der Waals surface area contributed by atoms with Crippen LogP contribution in [0.1, 0.15) is 29.3 Å². The van der Waals surface area contributed by atoms with E-state index in [1.54, 1.807) is 4.68 Å². The molecule has 0 spiro atoms. The van der Waals surface area contributed by atoms with Gasteiger partial charge >= 0.3 is 0 Å². The molecule has 2 aromatic carbocycles. The highest BCUT2D eigenvalue weighted by molar-refractivity contribution is 6.00. The van der Waals surface area contributed by atoms with Gasteiger partial charge in [0.15, 0.2) is 0 Å². The minimum Gasteiger partial charge on any atom is -0.349 e. The fraction of sp³-hybridized carbons (Fsp3) is 0.304. The van der Waals surface area contributed by atoms with Crippen molar-refractivity contribution < 1.29 is 4.79 Å². The van der Waals surface area contributed by atoms with Crippen molar-refractivity contribution in [2.75, 3.05) is 13.1 Å². The maximum Gasteiger partial charge on any atom is 0.255 e. The molecule has 0 saturated carbocycles. The topological polar surface area (TPSA) is 59.0 Å². The fourth-order valence-electron chi connectivity index (χ4n) is 3.77. The van der Waals surface area contributed by atoms with Gasteiger partial charge in [0.1, 0.15) is 5.69 Å². The number of aryl methyl sites for hydroxylation is 1. The number of para-hydroxylation sites is 1. The highest BCUT2D eigenvalue weighted by Crippen LogP contribution is 2.27. The molecule has 2 atom stereocenters. The Hall–Kier alpha value is -2.63. The Morgan fingerprint density at radius 3 is 2.59 bits per heavy atom. The molecule has 1 aromatic heterocycles. The van der Waals surface area contributed by atoms with Crippen LogP contribution in [0.25, 0.3) is 16.9 Å². The number of amides is 1. The fourth-order valence-corrected chi connectivity index (χ4v) is 3.77. The molecule has 1 fully saturated rings. The summed E-state index contributed by atoms with van der Waals surface area (Å²) in [6.45, 7) is 6.09. The normalized spacial score (nSPS) is 18.7. The van der Waals surface area contributed by atoms with E-state index in [1.165, 1.54) is 0 Å². The van der Waals surface area contributed by atoms with Crippen LogP contribution in [-0.4, -0.2) is 34.8 Å². The van der Waals surface area contributed by atoms with Gasteiger partial charge in [0, 0.05) is 17.8 Å². The van der Waals surface area contributed by atoms with Crippen LogP contribution in [0.2, 0.25) is 0 Å². The molecule has 3 aromatic rings. The van der Waals surface area contributed by atoms with Gasteiger partial charge in [-0.15, -0.1) is 12.4 Å². The Bertz CT molecular complexity index is 970. The van der Waals surface area contributed by atoms with Crippen LogP contribution in [0.5, 0.6) is 0 Å². The lowest BCUT2D eigenvalue weighted by Gasteiger charge is -2.30. The van der Waals surface area contributed by atoms with Gasteiger partial charge in [-0.1, -0.05) is 49.4 Å². The molecule has 5 nitrogen and oxygen atoms in total. The summed E-state index contributed by atoms with van der Waals surface area (Å²) in [6.07, 6.45) is 2.79. The monoisotopic (exact) mass is 410 g/mol. The van der Waals surface area contributed by atoms with Crippen molar-refractivity contribution in [3.8, 4) is 16.9 Å². The van der Waals surface area contributed by atoms with E-state index in [9.17, 15) is 4.79 Å². The molecule has 29 heavy (non-hydrogen) atoms. The van der Waals surface area contributed by atoms with Crippen LogP contribution >= 0.6 is 12.4 Å². The van der Waals surface area contributed by atoms with Crippen molar-refractivity contribution in [1.29, 1.82) is 0 Å². The number of hydrogen-bond donors (Lipinski definition) is 2. The van der Waals surface area contributed by atoms with E-state index in [4.69, 9.17) is 5.10 Å². The van der Waals surface area contributed by atoms with Gasteiger partial charge in [0.05, 0.1) is 11.3 Å². The molecule has 2 unspecified atom stereocenters. The second-order valence-corrected chi connectivity index (χ2v) is 7.54. The SMILES string of the molecule is Cc1ccccc1-c1nn(-c2ccccc2)cc1C(=O)NC1CCNCC1C.Cl. The maximum atomic E-state index is 13.2. The number of carbonyl (C=O) groups is 1. The highest BCUT2D eigenvalue weighted by Gasteiger charge is 2.26. The van der Waals surface area contributed by atoms with Crippen molar-refractivity contribution in [3.05, 3.63) is 71.9 Å². The summed E-state index contributed by atoms with van der Waals surface area (Å²) < 4.78 is 1.79. The third-order valence-electron chi connectivity index (χ3n) is 5.48. The Morgan fingerprint density at radius 1 is 1.14 bits per heavy atom. The Morgan fingerprint density at radius 2 is 1.86 bits per heavy atom. The van der Waals surface area contributed by atoms with Gasteiger partial charge in [0.25, 0.3) is 5.91 Å². The number of carbonyl (C=O) groups excluding carboxylic acids is 1. The summed E-state index contributed by atoms with van der Waals surface area (Å²) in [7, 11) is 0. The van der Waals surface area contributed by atoms with Crippen LogP contribution < -0.4 is 10.6 Å². The average molecular weight is 411 g/mol. The molecule has 4 rings (SSSR count). The average Bonchev–Trinajstić information content (AvgIpc) is 3.16. The number of aromatic nitrogens is 2. The smallest absolute Gasteiger partial charge is 0.255 e. The van der Waals surface area contributed by atoms with Crippen molar-refractivity contribution >= 4 is 18.3 Å². The van der Waals surface area contributed by atoms with Crippen LogP contribution in [0.4, 0.5) is 0 Å². The third-order valence-corrected chi connectivity index (χ3v) is 5.48. The van der Waals surface area contributed by atoms with E-state index < -0.39 is 0 Å². The highest BCUT2D eigenvalue weighted by atomic mass is 35.5. The standard InChI is InChI=1S/C23H26N4O.ClH/c1-16-8-6-7-11-19(16)22-20(15-27(26-22)18-9-4-3-5-10-18)23(28)25-21-12-13-24-14-17(21)2;/h3-11,15,17,21,24H,12-14H2,1-2H3,(H,25,28);1H. The van der Waals surface area contributed by atoms with E-state index in [0.717, 1.165) is 42.0 Å². The predicted molar refractivity (Wildman–Crippen MR) is 119 cm³/mol. The summed E-state index contributed by atoms with van der Waals surface area (Å²) >= 11 is 0. The Balaban J connectivity index is 0.00000240. The van der Waals surface area contributed by atoms with E-state index in [2.05, 4.69) is 17.6 Å². The summed E-state index contributed by atoms with van der Waals surface area (Å²) in [5, 5.41) is 11.4. The number of halogens is 1. The zero-order valence-corrected chi connectivity index (χ0v) is 17.6. The van der Waals surface area contributed by atoms with E-state index in [0.29, 0.717) is 11.5 Å². The van der Waals surface area contributed by atoms with E-state index in [1.807, 2.05) is 67.7 Å². The minimum absolute atomic E-state index is 0. The lowest BCUT2D eigenvalue weighted by molar-refractivity contribution is 0.0915. The summed E-state index contributed by atoms with van der Waals surface area (Å²) in [5.41, 5.74) is 4.36. The first-order valence-corrected chi connectivity index (χ1v) is 9.86. The van der Waals surface area contributed by atoms with Gasteiger partial charge in [0.2, 0.25) is 0 Å². The van der Waals surface area contributed by atoms with Crippen molar-refractivity contribution in [3.63, 3.8) is 0 Å². The summed E-state index contributed by atoms with van der Waals surface area (Å²) in [6, 6.07) is 18.1. The lowest BCUT2D eigenvalue weighted by atomic mass is 9.94. The van der Waals surface area contributed by atoms with Crippen molar-refractivity contribution in [1.82, 2.24) is 20.4 Å². The number of hydrogen-bond acceptors (Lipinski definition) is 3. The first-order valence-electron chi connectivity index (χ1n) is 9.86. The largest absolute Gasteiger partial charge is 0.349 e. The van der Waals surface area contributed by atoms with Gasteiger partial charge in [-0.3, -0.25) is 4.79 Å². The molecule has 0 bridgehead atoms. The number of nitrogens with one attached hydrogen (secondary N) is 2. The van der Waals surface area contributed by atoms with Gasteiger partial charge in [-0.25, -0.2) is 4.68 Å². The Labute approximate surface area is 177 Å². The zero-order valence-electron chi connectivity index (χ0n) is 16.8. The van der Waals surface area contributed by atoms with Crippen molar-refractivity contribution in [2.24, 2.45) is 5.92 Å². The zero-order chi connectivity index (χ0) is 19.5. The molecule has 1 aliphatic heterocycles. The molecule has 6 heteroatoms. The molecular formula is C23H27ClN4O. The summed E-state index contributed by atoms with van der Waals surface area (Å²) in [5.74, 6) is 0.350. The quantitative estimate of drug-likeness (QED) is 0.683. The first-order chi connectivity index (χ1) is 13.6. The molecule has 1 saturated heterocycles. The molecule has 0 aliphatic carbocycles. The number of rotatable bonds is 4. The van der Waals surface area contributed by atoms with Gasteiger partial charge < -0.3 is 10.6 Å². The second-order valence-electron chi connectivity index (χ2n) is 7.54. The van der Waals surface area contributed by atoms with Crippen LogP contribution in [-0.2, 0) is 0 Å². The number of piperidine rings is 1.